The molecule has 1 unspecified atom stereocenters. The first-order valence-electron chi connectivity index (χ1n) is 6.17. The van der Waals surface area contributed by atoms with Crippen molar-refractivity contribution in [3.05, 3.63) is 0 Å². The van der Waals surface area contributed by atoms with Gasteiger partial charge in [-0.15, -0.1) is 0 Å². The highest BCUT2D eigenvalue weighted by Gasteiger charge is 2.14. The Labute approximate surface area is 93.8 Å². The first-order chi connectivity index (χ1) is 7.11. The van der Waals surface area contributed by atoms with Crippen LogP contribution < -0.4 is 11.1 Å². The Morgan fingerprint density at radius 1 is 1.20 bits per heavy atom. The van der Waals surface area contributed by atoms with Gasteiger partial charge in [0.05, 0.1) is 6.04 Å². The second kappa shape index (κ2) is 8.72. The number of rotatable bonds is 8. The molecule has 0 aliphatic carbocycles. The number of hydrogen-bond acceptors (Lipinski definition) is 2. The predicted molar refractivity (Wildman–Crippen MR) is 64.6 cm³/mol. The van der Waals surface area contributed by atoms with Crippen molar-refractivity contribution >= 4 is 5.91 Å². The molecule has 0 spiro atoms. The molecule has 0 saturated carbocycles. The Hall–Kier alpha value is -0.570. The van der Waals surface area contributed by atoms with Crippen LogP contribution in [0.4, 0.5) is 0 Å². The number of hydrogen-bond donors (Lipinski definition) is 2. The molecule has 0 rings (SSSR count). The average molecular weight is 214 g/mol. The van der Waals surface area contributed by atoms with Crippen LogP contribution in [0.1, 0.15) is 59.3 Å². The van der Waals surface area contributed by atoms with Gasteiger partial charge in [-0.25, -0.2) is 0 Å². The summed E-state index contributed by atoms with van der Waals surface area (Å²) >= 11 is 0. The fourth-order valence-corrected chi connectivity index (χ4v) is 1.56. The fraction of sp³-hybridized carbons (Fsp3) is 0.917. The van der Waals surface area contributed by atoms with E-state index in [0.29, 0.717) is 0 Å². The molecule has 0 bridgehead atoms. The van der Waals surface area contributed by atoms with E-state index in [4.69, 9.17) is 5.73 Å². The van der Waals surface area contributed by atoms with Crippen molar-refractivity contribution in [3.63, 3.8) is 0 Å². The molecule has 3 N–H and O–H groups in total. The molecule has 3 heteroatoms. The monoisotopic (exact) mass is 214 g/mol. The molecule has 1 amide bonds. The molecule has 3 nitrogen and oxygen atoms in total. The minimum absolute atomic E-state index is 0.000786. The minimum atomic E-state index is -0.330. The number of carbonyl (C=O) groups excluding carboxylic acids is 1. The zero-order chi connectivity index (χ0) is 11.7. The van der Waals surface area contributed by atoms with Crippen molar-refractivity contribution in [2.45, 2.75) is 71.4 Å². The van der Waals surface area contributed by atoms with E-state index in [1.54, 1.807) is 0 Å². The lowest BCUT2D eigenvalue weighted by Crippen LogP contribution is -2.44. The number of nitrogens with two attached hydrogens (primary N) is 1. The Morgan fingerprint density at radius 2 is 1.87 bits per heavy atom. The van der Waals surface area contributed by atoms with Crippen molar-refractivity contribution in [2.24, 2.45) is 5.73 Å². The lowest BCUT2D eigenvalue weighted by atomic mass is 10.1. The molecule has 15 heavy (non-hydrogen) atoms. The smallest absolute Gasteiger partial charge is 0.237 e. The van der Waals surface area contributed by atoms with E-state index >= 15 is 0 Å². The van der Waals surface area contributed by atoms with E-state index < -0.39 is 0 Å². The van der Waals surface area contributed by atoms with E-state index in [0.717, 1.165) is 19.3 Å². The summed E-state index contributed by atoms with van der Waals surface area (Å²) in [6.45, 7) is 6.27. The zero-order valence-corrected chi connectivity index (χ0v) is 10.4. The van der Waals surface area contributed by atoms with Crippen LogP contribution in [0.25, 0.3) is 0 Å². The van der Waals surface area contributed by atoms with Crippen LogP contribution in [0.3, 0.4) is 0 Å². The maximum atomic E-state index is 11.5. The average Bonchev–Trinajstić information content (AvgIpc) is 2.18. The van der Waals surface area contributed by atoms with Crippen LogP contribution in [0.15, 0.2) is 0 Å². The van der Waals surface area contributed by atoms with E-state index in [2.05, 4.69) is 12.2 Å². The summed E-state index contributed by atoms with van der Waals surface area (Å²) in [5.74, 6) is 0.000786. The van der Waals surface area contributed by atoms with Crippen LogP contribution in [0.5, 0.6) is 0 Å². The van der Waals surface area contributed by atoms with Gasteiger partial charge < -0.3 is 11.1 Å². The maximum absolute atomic E-state index is 11.5. The Balaban J connectivity index is 3.65. The van der Waals surface area contributed by atoms with Gasteiger partial charge >= 0.3 is 0 Å². The third-order valence-corrected chi connectivity index (χ3v) is 2.57. The molecular formula is C12H26N2O. The van der Waals surface area contributed by atoms with Crippen LogP contribution in [-0.4, -0.2) is 18.0 Å². The predicted octanol–water partition coefficient (Wildman–Crippen LogP) is 2.20. The van der Waals surface area contributed by atoms with Gasteiger partial charge in [0.1, 0.15) is 0 Å². The van der Waals surface area contributed by atoms with Gasteiger partial charge in [-0.1, -0.05) is 39.5 Å². The van der Waals surface area contributed by atoms with Crippen molar-refractivity contribution in [3.8, 4) is 0 Å². The SMILES string of the molecule is CCCCCC(C)NC(=O)[C@H](N)CCC. The maximum Gasteiger partial charge on any atom is 0.237 e. The first kappa shape index (κ1) is 14.4. The lowest BCUT2D eigenvalue weighted by molar-refractivity contribution is -0.123. The van der Waals surface area contributed by atoms with Crippen LogP contribution in [-0.2, 0) is 4.79 Å². The summed E-state index contributed by atoms with van der Waals surface area (Å²) in [6.07, 6.45) is 6.42. The number of amides is 1. The summed E-state index contributed by atoms with van der Waals surface area (Å²) in [7, 11) is 0. The summed E-state index contributed by atoms with van der Waals surface area (Å²) in [5.41, 5.74) is 5.72. The molecule has 0 heterocycles. The standard InChI is InChI=1S/C12H26N2O/c1-4-6-7-9-10(3)14-12(15)11(13)8-5-2/h10-11H,4-9,13H2,1-3H3,(H,14,15)/t10?,11-/m1/s1. The van der Waals surface area contributed by atoms with Gasteiger partial charge in [0.2, 0.25) is 5.91 Å². The van der Waals surface area contributed by atoms with E-state index in [-0.39, 0.29) is 18.0 Å². The molecule has 0 aromatic rings. The van der Waals surface area contributed by atoms with E-state index in [9.17, 15) is 4.79 Å². The van der Waals surface area contributed by atoms with Crippen LogP contribution in [0, 0.1) is 0 Å². The molecular weight excluding hydrogens is 188 g/mol. The number of unbranched alkanes of at least 4 members (excludes halogenated alkanes) is 2. The molecule has 0 aromatic carbocycles. The molecule has 90 valence electrons. The van der Waals surface area contributed by atoms with E-state index in [1.165, 1.54) is 19.3 Å². The Morgan fingerprint density at radius 3 is 2.40 bits per heavy atom. The minimum Gasteiger partial charge on any atom is -0.352 e. The molecule has 0 aliphatic heterocycles. The molecule has 2 atom stereocenters. The van der Waals surface area contributed by atoms with Gasteiger partial charge in [-0.2, -0.15) is 0 Å². The van der Waals surface area contributed by atoms with Crippen molar-refractivity contribution in [1.82, 2.24) is 5.32 Å². The quantitative estimate of drug-likeness (QED) is 0.609. The van der Waals surface area contributed by atoms with Crippen molar-refractivity contribution < 1.29 is 4.79 Å². The first-order valence-corrected chi connectivity index (χ1v) is 6.17. The highest BCUT2D eigenvalue weighted by molar-refractivity contribution is 5.81. The summed E-state index contributed by atoms with van der Waals surface area (Å²) in [5, 5.41) is 2.96. The zero-order valence-electron chi connectivity index (χ0n) is 10.4. The largest absolute Gasteiger partial charge is 0.352 e. The normalized spacial score (nSPS) is 14.7. The summed E-state index contributed by atoms with van der Waals surface area (Å²) in [6, 6.07) is -0.0735. The summed E-state index contributed by atoms with van der Waals surface area (Å²) in [4.78, 5) is 11.5. The second-order valence-corrected chi connectivity index (χ2v) is 4.30. The molecule has 0 fully saturated rings. The fourth-order valence-electron chi connectivity index (χ4n) is 1.56. The Kier molecular flexibility index (Phi) is 8.38. The van der Waals surface area contributed by atoms with Gasteiger partial charge in [0.25, 0.3) is 0 Å². The van der Waals surface area contributed by atoms with Crippen molar-refractivity contribution in [1.29, 1.82) is 0 Å². The topological polar surface area (TPSA) is 55.1 Å². The van der Waals surface area contributed by atoms with Gasteiger partial charge in [-0.3, -0.25) is 4.79 Å². The lowest BCUT2D eigenvalue weighted by Gasteiger charge is -2.17. The third-order valence-electron chi connectivity index (χ3n) is 2.57. The van der Waals surface area contributed by atoms with E-state index in [1.807, 2.05) is 13.8 Å². The Bertz CT molecular complexity index is 171. The third kappa shape index (κ3) is 7.37. The van der Waals surface area contributed by atoms with Crippen molar-refractivity contribution in [2.75, 3.05) is 0 Å². The van der Waals surface area contributed by atoms with Gasteiger partial charge in [-0.05, 0) is 19.8 Å². The highest BCUT2D eigenvalue weighted by Crippen LogP contribution is 2.03. The van der Waals surface area contributed by atoms with Crippen LogP contribution in [0.2, 0.25) is 0 Å². The molecule has 0 saturated heterocycles. The molecule has 0 aromatic heterocycles. The van der Waals surface area contributed by atoms with Gasteiger partial charge in [0.15, 0.2) is 0 Å². The summed E-state index contributed by atoms with van der Waals surface area (Å²) < 4.78 is 0. The van der Waals surface area contributed by atoms with Crippen LogP contribution >= 0.6 is 0 Å². The second-order valence-electron chi connectivity index (χ2n) is 4.30. The number of carbonyl (C=O) groups is 1. The number of nitrogens with one attached hydrogen (secondary N) is 1. The highest BCUT2D eigenvalue weighted by atomic mass is 16.2. The van der Waals surface area contributed by atoms with Gasteiger partial charge in [0, 0.05) is 6.04 Å². The molecule has 0 aliphatic rings. The molecule has 0 radical (unpaired) electrons.